The van der Waals surface area contributed by atoms with Gasteiger partial charge in [-0.1, -0.05) is 0 Å². The van der Waals surface area contributed by atoms with Crippen LogP contribution in [0, 0.1) is 0 Å². The number of carbonyl (C=O) groups is 1. The molecule has 1 rings (SSSR count). The summed E-state index contributed by atoms with van der Waals surface area (Å²) in [6.45, 7) is 4.29. The minimum absolute atomic E-state index is 0.0644. The first kappa shape index (κ1) is 11.7. The number of nitrogens with zero attached hydrogens (tertiary/aromatic N) is 3. The highest BCUT2D eigenvalue weighted by Crippen LogP contribution is 2.13. The molecule has 1 heterocycles. The maximum Gasteiger partial charge on any atom is 0.272 e. The highest BCUT2D eigenvalue weighted by atomic mass is 16.2. The van der Waals surface area contributed by atoms with Crippen molar-refractivity contribution in [2.24, 2.45) is 12.8 Å². The van der Waals surface area contributed by atoms with Gasteiger partial charge in [-0.15, -0.1) is 0 Å². The lowest BCUT2D eigenvalue weighted by molar-refractivity contribution is 0.0630. The Kier molecular flexibility index (Phi) is 3.14. The molecule has 0 fully saturated rings. The highest BCUT2D eigenvalue weighted by Gasteiger charge is 2.28. The van der Waals surface area contributed by atoms with E-state index in [0.717, 1.165) is 0 Å². The van der Waals surface area contributed by atoms with Gasteiger partial charge in [0.1, 0.15) is 5.69 Å². The van der Waals surface area contributed by atoms with E-state index >= 15 is 0 Å². The van der Waals surface area contributed by atoms with Gasteiger partial charge >= 0.3 is 0 Å². The van der Waals surface area contributed by atoms with E-state index in [1.807, 2.05) is 13.8 Å². The summed E-state index contributed by atoms with van der Waals surface area (Å²) < 4.78 is 1.70. The summed E-state index contributed by atoms with van der Waals surface area (Å²) >= 11 is 0. The average molecular weight is 210 g/mol. The van der Waals surface area contributed by atoms with Gasteiger partial charge in [0, 0.05) is 26.2 Å². The Morgan fingerprint density at radius 2 is 2.27 bits per heavy atom. The number of hydrogen-bond donors (Lipinski definition) is 1. The maximum absolute atomic E-state index is 12.0. The van der Waals surface area contributed by atoms with Crippen molar-refractivity contribution in [1.82, 2.24) is 14.5 Å². The molecule has 0 aromatic carbocycles. The second-order valence-corrected chi connectivity index (χ2v) is 4.27. The molecular formula is C10H18N4O. The van der Waals surface area contributed by atoms with Crippen LogP contribution in [0.4, 0.5) is 0 Å². The summed E-state index contributed by atoms with van der Waals surface area (Å²) in [7, 11) is 3.55. The van der Waals surface area contributed by atoms with Crippen LogP contribution in [0.3, 0.4) is 0 Å². The van der Waals surface area contributed by atoms with E-state index in [1.54, 1.807) is 36.1 Å². The normalized spacial score (nSPS) is 11.5. The van der Waals surface area contributed by atoms with Crippen LogP contribution in [-0.4, -0.2) is 39.5 Å². The molecule has 0 radical (unpaired) electrons. The Morgan fingerprint density at radius 3 is 2.67 bits per heavy atom. The van der Waals surface area contributed by atoms with Crippen molar-refractivity contribution in [3.8, 4) is 0 Å². The van der Waals surface area contributed by atoms with E-state index in [1.165, 1.54) is 0 Å². The van der Waals surface area contributed by atoms with E-state index in [0.29, 0.717) is 12.2 Å². The van der Waals surface area contributed by atoms with Gasteiger partial charge in [0.05, 0.1) is 12.5 Å². The minimum atomic E-state index is -0.346. The predicted octanol–water partition coefficient (Wildman–Crippen LogP) is 0.229. The number of rotatable bonds is 3. The summed E-state index contributed by atoms with van der Waals surface area (Å²) in [6, 6.07) is 0. The van der Waals surface area contributed by atoms with Crippen LogP contribution in [0.1, 0.15) is 24.3 Å². The van der Waals surface area contributed by atoms with Crippen molar-refractivity contribution < 1.29 is 4.79 Å². The Bertz CT molecular complexity index is 356. The molecule has 2 N–H and O–H groups in total. The number of nitrogens with two attached hydrogens (primary N) is 1. The van der Waals surface area contributed by atoms with Crippen LogP contribution in [0.25, 0.3) is 0 Å². The Balaban J connectivity index is 2.92. The molecule has 1 aromatic rings. The number of likely N-dealkylation sites (N-methyl/N-ethyl adjacent to an activating group) is 1. The molecule has 0 unspecified atom stereocenters. The van der Waals surface area contributed by atoms with Gasteiger partial charge in [-0.25, -0.2) is 4.98 Å². The third-order valence-electron chi connectivity index (χ3n) is 2.75. The fraction of sp³-hybridized carbons (Fsp3) is 0.600. The molecule has 0 saturated carbocycles. The molecule has 0 aliphatic heterocycles. The molecule has 5 nitrogen and oxygen atoms in total. The van der Waals surface area contributed by atoms with Gasteiger partial charge in [0.15, 0.2) is 0 Å². The molecule has 5 heteroatoms. The monoisotopic (exact) mass is 210 g/mol. The zero-order chi connectivity index (χ0) is 11.6. The SMILES string of the molecule is CN(C(=O)c1cncn1C)C(C)(C)CN. The fourth-order valence-electron chi connectivity index (χ4n) is 1.15. The number of aromatic nitrogens is 2. The molecule has 0 saturated heterocycles. The second-order valence-electron chi connectivity index (χ2n) is 4.27. The number of imidazole rings is 1. The first-order valence-electron chi connectivity index (χ1n) is 4.84. The highest BCUT2D eigenvalue weighted by molar-refractivity contribution is 5.92. The quantitative estimate of drug-likeness (QED) is 0.776. The summed E-state index contributed by atoms with van der Waals surface area (Å²) in [4.78, 5) is 17.6. The zero-order valence-electron chi connectivity index (χ0n) is 9.69. The molecule has 15 heavy (non-hydrogen) atoms. The fourth-order valence-corrected chi connectivity index (χ4v) is 1.15. The van der Waals surface area contributed by atoms with Gasteiger partial charge in [-0.3, -0.25) is 4.79 Å². The second kappa shape index (κ2) is 4.02. The molecule has 0 bridgehead atoms. The summed E-state index contributed by atoms with van der Waals surface area (Å²) in [5, 5.41) is 0. The lowest BCUT2D eigenvalue weighted by atomic mass is 10.0. The smallest absolute Gasteiger partial charge is 0.272 e. The van der Waals surface area contributed by atoms with Crippen molar-refractivity contribution in [1.29, 1.82) is 0 Å². The van der Waals surface area contributed by atoms with Crippen LogP contribution < -0.4 is 5.73 Å². The summed E-state index contributed by atoms with van der Waals surface area (Å²) in [6.07, 6.45) is 3.17. The first-order chi connectivity index (χ1) is 6.90. The van der Waals surface area contributed by atoms with Crippen LogP contribution in [0.5, 0.6) is 0 Å². The zero-order valence-corrected chi connectivity index (χ0v) is 9.69. The molecule has 84 valence electrons. The Morgan fingerprint density at radius 1 is 1.67 bits per heavy atom. The lowest BCUT2D eigenvalue weighted by Crippen LogP contribution is -2.50. The van der Waals surface area contributed by atoms with Crippen LogP contribution >= 0.6 is 0 Å². The van der Waals surface area contributed by atoms with Crippen molar-refractivity contribution >= 4 is 5.91 Å². The maximum atomic E-state index is 12.0. The molecule has 0 spiro atoms. The van der Waals surface area contributed by atoms with Crippen LogP contribution in [-0.2, 0) is 7.05 Å². The number of carbonyl (C=O) groups excluding carboxylic acids is 1. The number of amides is 1. The summed E-state index contributed by atoms with van der Waals surface area (Å²) in [5.41, 5.74) is 5.84. The third kappa shape index (κ3) is 2.18. The summed E-state index contributed by atoms with van der Waals surface area (Å²) in [5.74, 6) is -0.0644. The van der Waals surface area contributed by atoms with E-state index in [4.69, 9.17) is 5.73 Å². The first-order valence-corrected chi connectivity index (χ1v) is 4.84. The number of aryl methyl sites for hydroxylation is 1. The Labute approximate surface area is 89.9 Å². The van der Waals surface area contributed by atoms with Gasteiger partial charge in [0.25, 0.3) is 5.91 Å². The van der Waals surface area contributed by atoms with Gasteiger partial charge in [-0.05, 0) is 13.8 Å². The van der Waals surface area contributed by atoms with E-state index in [2.05, 4.69) is 4.98 Å². The molecule has 0 atom stereocenters. The number of hydrogen-bond acceptors (Lipinski definition) is 3. The molecule has 0 aliphatic carbocycles. The Hall–Kier alpha value is -1.36. The standard InChI is InChI=1S/C10H18N4O/c1-10(2,6-11)14(4)9(15)8-5-12-7-13(8)3/h5,7H,6,11H2,1-4H3. The van der Waals surface area contributed by atoms with Crippen molar-refractivity contribution in [2.45, 2.75) is 19.4 Å². The predicted molar refractivity (Wildman–Crippen MR) is 58.4 cm³/mol. The molecule has 1 amide bonds. The van der Waals surface area contributed by atoms with Crippen molar-refractivity contribution in [3.63, 3.8) is 0 Å². The largest absolute Gasteiger partial charge is 0.334 e. The van der Waals surface area contributed by atoms with Gasteiger partial charge < -0.3 is 15.2 Å². The average Bonchev–Trinajstić information content (AvgIpc) is 2.62. The van der Waals surface area contributed by atoms with E-state index in [9.17, 15) is 4.79 Å². The van der Waals surface area contributed by atoms with E-state index in [-0.39, 0.29) is 11.4 Å². The third-order valence-corrected chi connectivity index (χ3v) is 2.75. The topological polar surface area (TPSA) is 64.2 Å². The minimum Gasteiger partial charge on any atom is -0.334 e. The molecule has 1 aromatic heterocycles. The molecular weight excluding hydrogens is 192 g/mol. The lowest BCUT2D eigenvalue weighted by Gasteiger charge is -2.34. The van der Waals surface area contributed by atoms with Crippen molar-refractivity contribution in [2.75, 3.05) is 13.6 Å². The van der Waals surface area contributed by atoms with Gasteiger partial charge in [-0.2, -0.15) is 0 Å². The van der Waals surface area contributed by atoms with Crippen molar-refractivity contribution in [3.05, 3.63) is 18.2 Å². The molecule has 0 aliphatic rings. The van der Waals surface area contributed by atoms with Crippen LogP contribution in [0.15, 0.2) is 12.5 Å². The van der Waals surface area contributed by atoms with Gasteiger partial charge in [0.2, 0.25) is 0 Å². The van der Waals surface area contributed by atoms with E-state index < -0.39 is 0 Å². The van der Waals surface area contributed by atoms with Crippen LogP contribution in [0.2, 0.25) is 0 Å².